The second kappa shape index (κ2) is 7.00. The zero-order valence-electron chi connectivity index (χ0n) is 11.7. The topological polar surface area (TPSA) is 29.0 Å². The largest absolute Gasteiger partial charge is 0.300 e. The minimum absolute atomic E-state index is 0.588. The summed E-state index contributed by atoms with van der Waals surface area (Å²) in [5.41, 5.74) is 2.44. The Labute approximate surface area is 115 Å². The molecule has 0 unspecified atom stereocenters. The van der Waals surface area contributed by atoms with E-state index in [9.17, 15) is 0 Å². The van der Waals surface area contributed by atoms with Crippen molar-refractivity contribution in [2.24, 2.45) is 0 Å². The predicted molar refractivity (Wildman–Crippen MR) is 77.8 cm³/mol. The van der Waals surface area contributed by atoms with Crippen molar-refractivity contribution in [3.05, 3.63) is 60.2 Å². The number of aromatic nitrogens is 2. The third-order valence-electron chi connectivity index (χ3n) is 3.36. The van der Waals surface area contributed by atoms with Gasteiger partial charge in [0.15, 0.2) is 0 Å². The highest BCUT2D eigenvalue weighted by atomic mass is 15.1. The van der Waals surface area contributed by atoms with Gasteiger partial charge in [-0.15, -0.1) is 0 Å². The van der Waals surface area contributed by atoms with Crippen LogP contribution >= 0.6 is 0 Å². The highest BCUT2D eigenvalue weighted by molar-refractivity contribution is 5.18. The van der Waals surface area contributed by atoms with Crippen LogP contribution in [-0.2, 0) is 6.54 Å². The molecule has 1 heterocycles. The molecular weight excluding hydrogens is 234 g/mol. The van der Waals surface area contributed by atoms with Crippen molar-refractivity contribution in [2.75, 3.05) is 13.6 Å². The monoisotopic (exact) mass is 255 g/mol. The Kier molecular flexibility index (Phi) is 5.04. The fraction of sp³-hybridized carbons (Fsp3) is 0.375. The van der Waals surface area contributed by atoms with Gasteiger partial charge in [0.25, 0.3) is 0 Å². The molecule has 0 saturated carbocycles. The fourth-order valence-corrected chi connectivity index (χ4v) is 2.13. The van der Waals surface area contributed by atoms with Crippen molar-refractivity contribution in [1.82, 2.24) is 14.9 Å². The van der Waals surface area contributed by atoms with Crippen molar-refractivity contribution >= 4 is 0 Å². The number of hydrogen-bond donors (Lipinski definition) is 0. The first-order chi connectivity index (χ1) is 9.25. The normalized spacial score (nSPS) is 12.6. The number of benzene rings is 1. The van der Waals surface area contributed by atoms with Crippen molar-refractivity contribution < 1.29 is 0 Å². The smallest absolute Gasteiger partial charge is 0.0726 e. The Hall–Kier alpha value is -1.74. The summed E-state index contributed by atoms with van der Waals surface area (Å²) in [7, 11) is 2.13. The number of hydrogen-bond acceptors (Lipinski definition) is 3. The Bertz CT molecular complexity index is 470. The summed E-state index contributed by atoms with van der Waals surface area (Å²) >= 11 is 0. The van der Waals surface area contributed by atoms with E-state index in [0.717, 1.165) is 25.2 Å². The van der Waals surface area contributed by atoms with Crippen LogP contribution in [-0.4, -0.2) is 28.5 Å². The summed E-state index contributed by atoms with van der Waals surface area (Å²) in [5.74, 6) is 0.588. The lowest BCUT2D eigenvalue weighted by Gasteiger charge is -2.19. The molecule has 0 amide bonds. The second-order valence-corrected chi connectivity index (χ2v) is 5.03. The van der Waals surface area contributed by atoms with Crippen LogP contribution in [0.3, 0.4) is 0 Å². The molecule has 1 aromatic carbocycles. The van der Waals surface area contributed by atoms with Crippen LogP contribution in [0.1, 0.15) is 30.5 Å². The van der Waals surface area contributed by atoms with Crippen LogP contribution < -0.4 is 0 Å². The first-order valence-corrected chi connectivity index (χ1v) is 6.74. The van der Waals surface area contributed by atoms with E-state index in [2.05, 4.69) is 59.2 Å². The van der Waals surface area contributed by atoms with Gasteiger partial charge in [0.05, 0.1) is 5.69 Å². The molecule has 3 heteroatoms. The zero-order chi connectivity index (χ0) is 13.5. The minimum Gasteiger partial charge on any atom is -0.300 e. The highest BCUT2D eigenvalue weighted by Gasteiger charge is 2.07. The van der Waals surface area contributed by atoms with Crippen LogP contribution in [0.2, 0.25) is 0 Å². The molecule has 0 spiro atoms. The van der Waals surface area contributed by atoms with Crippen LogP contribution in [0.15, 0.2) is 48.9 Å². The summed E-state index contributed by atoms with van der Waals surface area (Å²) in [5, 5.41) is 0. The van der Waals surface area contributed by atoms with Gasteiger partial charge in [-0.2, -0.15) is 0 Å². The van der Waals surface area contributed by atoms with Gasteiger partial charge in [0.1, 0.15) is 0 Å². The first-order valence-electron chi connectivity index (χ1n) is 6.74. The van der Waals surface area contributed by atoms with E-state index in [-0.39, 0.29) is 0 Å². The van der Waals surface area contributed by atoms with E-state index >= 15 is 0 Å². The molecule has 0 radical (unpaired) electrons. The van der Waals surface area contributed by atoms with Gasteiger partial charge in [-0.3, -0.25) is 9.97 Å². The summed E-state index contributed by atoms with van der Waals surface area (Å²) < 4.78 is 0. The van der Waals surface area contributed by atoms with E-state index in [0.29, 0.717) is 5.92 Å². The van der Waals surface area contributed by atoms with E-state index in [1.165, 1.54) is 5.56 Å². The average molecular weight is 255 g/mol. The Morgan fingerprint density at radius 1 is 1.16 bits per heavy atom. The summed E-state index contributed by atoms with van der Waals surface area (Å²) in [6, 6.07) is 10.7. The SMILES string of the molecule is C[C@H](CCN(C)Cc1cnccn1)c1ccccc1. The zero-order valence-corrected chi connectivity index (χ0v) is 11.7. The Balaban J connectivity index is 1.79. The maximum Gasteiger partial charge on any atom is 0.0726 e. The standard InChI is InChI=1S/C16H21N3/c1-14(15-6-4-3-5-7-15)8-11-19(2)13-16-12-17-9-10-18-16/h3-7,9-10,12,14H,8,11,13H2,1-2H3/t14-/m1/s1. The Morgan fingerprint density at radius 2 is 1.95 bits per heavy atom. The lowest BCUT2D eigenvalue weighted by molar-refractivity contribution is 0.309. The van der Waals surface area contributed by atoms with Crippen molar-refractivity contribution in [2.45, 2.75) is 25.8 Å². The lowest BCUT2D eigenvalue weighted by Crippen LogP contribution is -2.21. The van der Waals surface area contributed by atoms with Gasteiger partial charge < -0.3 is 4.90 Å². The van der Waals surface area contributed by atoms with Gasteiger partial charge in [0.2, 0.25) is 0 Å². The molecule has 1 aromatic heterocycles. The molecule has 0 saturated heterocycles. The summed E-state index contributed by atoms with van der Waals surface area (Å²) in [6.07, 6.45) is 6.44. The molecule has 1 atom stereocenters. The second-order valence-electron chi connectivity index (χ2n) is 5.03. The van der Waals surface area contributed by atoms with Gasteiger partial charge in [-0.1, -0.05) is 37.3 Å². The average Bonchev–Trinajstić information content (AvgIpc) is 2.47. The highest BCUT2D eigenvalue weighted by Crippen LogP contribution is 2.18. The molecule has 0 aliphatic carbocycles. The molecule has 3 nitrogen and oxygen atoms in total. The lowest BCUT2D eigenvalue weighted by atomic mass is 9.98. The summed E-state index contributed by atoms with van der Waals surface area (Å²) in [6.45, 7) is 4.20. The predicted octanol–water partition coefficient (Wildman–Crippen LogP) is 3.10. The van der Waals surface area contributed by atoms with Crippen molar-refractivity contribution in [3.8, 4) is 0 Å². The number of nitrogens with zero attached hydrogens (tertiary/aromatic N) is 3. The number of rotatable bonds is 6. The molecule has 19 heavy (non-hydrogen) atoms. The molecule has 0 bridgehead atoms. The van der Waals surface area contributed by atoms with Crippen molar-refractivity contribution in [1.29, 1.82) is 0 Å². The molecule has 2 aromatic rings. The van der Waals surface area contributed by atoms with Crippen LogP contribution in [0, 0.1) is 0 Å². The van der Waals surface area contributed by atoms with Gasteiger partial charge in [-0.05, 0) is 31.5 Å². The molecule has 0 fully saturated rings. The van der Waals surface area contributed by atoms with Crippen LogP contribution in [0.25, 0.3) is 0 Å². The molecule has 0 N–H and O–H groups in total. The fourth-order valence-electron chi connectivity index (χ4n) is 2.13. The third-order valence-corrected chi connectivity index (χ3v) is 3.36. The van der Waals surface area contributed by atoms with E-state index in [4.69, 9.17) is 0 Å². The van der Waals surface area contributed by atoms with Gasteiger partial charge in [-0.25, -0.2) is 0 Å². The third kappa shape index (κ3) is 4.45. The van der Waals surface area contributed by atoms with Crippen molar-refractivity contribution in [3.63, 3.8) is 0 Å². The van der Waals surface area contributed by atoms with E-state index in [1.54, 1.807) is 12.4 Å². The molecule has 0 aliphatic heterocycles. The molecule has 100 valence electrons. The van der Waals surface area contributed by atoms with E-state index < -0.39 is 0 Å². The maximum atomic E-state index is 4.30. The van der Waals surface area contributed by atoms with Gasteiger partial charge in [0, 0.05) is 25.1 Å². The summed E-state index contributed by atoms with van der Waals surface area (Å²) in [4.78, 5) is 10.7. The minimum atomic E-state index is 0.588. The molecule has 0 aliphatic rings. The maximum absolute atomic E-state index is 4.30. The van der Waals surface area contributed by atoms with E-state index in [1.807, 2.05) is 6.20 Å². The first kappa shape index (κ1) is 13.7. The Morgan fingerprint density at radius 3 is 2.63 bits per heavy atom. The van der Waals surface area contributed by atoms with Crippen LogP contribution in [0.5, 0.6) is 0 Å². The molecular formula is C16H21N3. The van der Waals surface area contributed by atoms with Crippen LogP contribution in [0.4, 0.5) is 0 Å². The van der Waals surface area contributed by atoms with Gasteiger partial charge >= 0.3 is 0 Å². The quantitative estimate of drug-likeness (QED) is 0.794. The molecule has 2 rings (SSSR count).